The quantitative estimate of drug-likeness (QED) is 0.318. The minimum Gasteiger partial charge on any atom is -0.508 e. The second-order valence-corrected chi connectivity index (χ2v) is 10.2. The van der Waals surface area contributed by atoms with Crippen LogP contribution in [0.5, 0.6) is 5.75 Å². The highest BCUT2D eigenvalue weighted by atomic mass is 79.9. The minimum atomic E-state index is -1.74. The summed E-state index contributed by atoms with van der Waals surface area (Å²) in [6.45, 7) is 0.177. The molecule has 0 bridgehead atoms. The Morgan fingerprint density at radius 3 is 2.67 bits per heavy atom. The van der Waals surface area contributed by atoms with Gasteiger partial charge in [-0.15, -0.1) is 0 Å². The van der Waals surface area contributed by atoms with Crippen molar-refractivity contribution in [2.45, 2.75) is 18.9 Å². The van der Waals surface area contributed by atoms with Crippen LogP contribution in [0.1, 0.15) is 24.5 Å². The van der Waals surface area contributed by atoms with Crippen molar-refractivity contribution in [1.82, 2.24) is 0 Å². The molecule has 186 valence electrons. The van der Waals surface area contributed by atoms with Gasteiger partial charge in [0.2, 0.25) is 11.8 Å². The van der Waals surface area contributed by atoms with Crippen molar-refractivity contribution in [3.05, 3.63) is 63.5 Å². The van der Waals surface area contributed by atoms with Crippen LogP contribution in [-0.2, 0) is 19.0 Å². The van der Waals surface area contributed by atoms with Crippen LogP contribution < -0.4 is 10.4 Å². The smallest absolute Gasteiger partial charge is 0.488 e. The van der Waals surface area contributed by atoms with Crippen LogP contribution in [-0.4, -0.2) is 59.9 Å². The van der Waals surface area contributed by atoms with Crippen LogP contribution in [0.4, 0.5) is 5.69 Å². The number of amides is 2. The number of fused-ring (bicyclic) bond motifs is 3. The van der Waals surface area contributed by atoms with Gasteiger partial charge in [-0.3, -0.25) is 14.5 Å². The molecule has 0 spiro atoms. The van der Waals surface area contributed by atoms with E-state index in [2.05, 4.69) is 15.9 Å². The van der Waals surface area contributed by atoms with Gasteiger partial charge >= 0.3 is 14.2 Å². The molecule has 1 aliphatic carbocycles. The van der Waals surface area contributed by atoms with Crippen molar-refractivity contribution in [1.29, 1.82) is 0 Å². The largest absolute Gasteiger partial charge is 0.508 e. The molecular weight excluding hydrogens is 532 g/mol. The van der Waals surface area contributed by atoms with E-state index < -0.39 is 44.0 Å². The average molecular weight is 556 g/mol. The van der Waals surface area contributed by atoms with E-state index >= 15 is 0 Å². The molecule has 0 unspecified atom stereocenters. The van der Waals surface area contributed by atoms with E-state index in [0.29, 0.717) is 11.0 Å². The van der Waals surface area contributed by atoms with Gasteiger partial charge in [0.05, 0.1) is 30.2 Å². The Balaban J connectivity index is 1.55. The van der Waals surface area contributed by atoms with Gasteiger partial charge in [-0.05, 0) is 65.6 Å². The highest BCUT2D eigenvalue weighted by molar-refractivity contribution is 9.10. The number of imide groups is 1. The SMILES string of the molecule is COCC1=C2B(O)O[C@H](c3cc(Br)ccc3O)C[C@H]2[C@H]2C(=O)N(c3cccc(B(O)O)c3)C(=O)[C@H]2C1. The predicted molar refractivity (Wildman–Crippen MR) is 135 cm³/mol. The monoisotopic (exact) mass is 555 g/mol. The van der Waals surface area contributed by atoms with Crippen LogP contribution in [0, 0.1) is 17.8 Å². The molecule has 2 aromatic carbocycles. The van der Waals surface area contributed by atoms with Crippen molar-refractivity contribution in [3.8, 4) is 5.75 Å². The standard InChI is InChI=1S/C24H24B2BrNO8/c1-35-11-12-7-18-21(24(31)28(23(18)30)15-4-2-3-13(8-15)25(32)33)17-10-20(36-26(34)22(12)17)16-9-14(27)5-6-19(16)29/h2-6,8-9,17-18,20-21,29,32-34H,7,10-11H2,1H3/t17-,18-,20-,21+/m0/s1. The summed E-state index contributed by atoms with van der Waals surface area (Å²) >= 11 is 3.39. The number of aromatic hydroxyl groups is 1. The lowest BCUT2D eigenvalue weighted by atomic mass is 9.55. The van der Waals surface area contributed by atoms with Crippen molar-refractivity contribution < 1.29 is 39.2 Å². The number of halogens is 1. The van der Waals surface area contributed by atoms with Gasteiger partial charge in [-0.2, -0.15) is 0 Å². The van der Waals surface area contributed by atoms with Gasteiger partial charge in [0.1, 0.15) is 5.75 Å². The average Bonchev–Trinajstić information content (AvgIpc) is 3.10. The number of hydrogen-bond donors (Lipinski definition) is 4. The van der Waals surface area contributed by atoms with E-state index in [0.717, 1.165) is 14.9 Å². The number of carbonyl (C=O) groups excluding carboxylic acids is 2. The number of anilines is 1. The summed E-state index contributed by atoms with van der Waals surface area (Å²) in [5, 5.41) is 40.6. The molecule has 36 heavy (non-hydrogen) atoms. The van der Waals surface area contributed by atoms with Crippen molar-refractivity contribution in [2.24, 2.45) is 17.8 Å². The Hall–Kier alpha value is -2.47. The maximum Gasteiger partial charge on any atom is 0.488 e. The lowest BCUT2D eigenvalue weighted by Gasteiger charge is -2.42. The Morgan fingerprint density at radius 2 is 1.94 bits per heavy atom. The van der Waals surface area contributed by atoms with Gasteiger partial charge in [0, 0.05) is 17.1 Å². The number of phenols is 1. The number of ether oxygens (including phenoxy) is 1. The topological polar surface area (TPSA) is 137 Å². The molecule has 2 amide bonds. The number of allylic oxidation sites excluding steroid dienone is 1. The number of nitrogens with zero attached hydrogens (tertiary/aromatic N) is 1. The fourth-order valence-electron chi connectivity index (χ4n) is 5.78. The number of hydrogen-bond acceptors (Lipinski definition) is 8. The summed E-state index contributed by atoms with van der Waals surface area (Å²) in [5.74, 6) is -2.73. The molecule has 2 aliphatic heterocycles. The van der Waals surface area contributed by atoms with Crippen molar-refractivity contribution in [2.75, 3.05) is 18.6 Å². The Kier molecular flexibility index (Phi) is 6.84. The summed E-state index contributed by atoms with van der Waals surface area (Å²) in [6.07, 6.45) is -0.202. The van der Waals surface area contributed by atoms with Crippen LogP contribution in [0.25, 0.3) is 0 Å². The number of phenolic OH excluding ortho intramolecular Hbond substituents is 1. The van der Waals surface area contributed by atoms with E-state index in [4.69, 9.17) is 9.39 Å². The molecule has 2 aromatic rings. The summed E-state index contributed by atoms with van der Waals surface area (Å²) in [7, 11) is -1.55. The molecule has 9 nitrogen and oxygen atoms in total. The third kappa shape index (κ3) is 4.21. The predicted octanol–water partition coefficient (Wildman–Crippen LogP) is 1.08. The fourth-order valence-corrected chi connectivity index (χ4v) is 6.16. The van der Waals surface area contributed by atoms with Crippen LogP contribution >= 0.6 is 15.9 Å². The van der Waals surface area contributed by atoms with E-state index in [1.807, 2.05) is 0 Å². The number of methoxy groups -OCH3 is 1. The highest BCUT2D eigenvalue weighted by Gasteiger charge is 2.58. The lowest BCUT2D eigenvalue weighted by Crippen LogP contribution is -2.45. The molecule has 0 aromatic heterocycles. The summed E-state index contributed by atoms with van der Waals surface area (Å²) < 4.78 is 12.0. The third-order valence-electron chi connectivity index (χ3n) is 7.29. The maximum absolute atomic E-state index is 13.8. The van der Waals surface area contributed by atoms with Crippen LogP contribution in [0.2, 0.25) is 0 Å². The molecule has 5 rings (SSSR count). The Morgan fingerprint density at radius 1 is 1.17 bits per heavy atom. The summed E-state index contributed by atoms with van der Waals surface area (Å²) in [4.78, 5) is 28.4. The molecule has 12 heteroatoms. The van der Waals surface area contributed by atoms with Crippen molar-refractivity contribution >= 4 is 53.1 Å². The fraction of sp³-hybridized carbons (Fsp3) is 0.333. The second-order valence-electron chi connectivity index (χ2n) is 9.33. The first-order valence-electron chi connectivity index (χ1n) is 11.6. The van der Waals surface area contributed by atoms with Gasteiger partial charge in [0.15, 0.2) is 0 Å². The van der Waals surface area contributed by atoms with E-state index in [9.17, 15) is 29.8 Å². The molecular formula is C24H24B2BrNO8. The normalized spacial score (nSPS) is 25.8. The molecule has 3 aliphatic rings. The molecule has 4 N–H and O–H groups in total. The van der Waals surface area contributed by atoms with E-state index in [-0.39, 0.29) is 42.3 Å². The second kappa shape index (κ2) is 9.77. The first-order valence-corrected chi connectivity index (χ1v) is 12.4. The van der Waals surface area contributed by atoms with Gasteiger partial charge in [-0.25, -0.2) is 0 Å². The number of rotatable bonds is 5. The van der Waals surface area contributed by atoms with E-state index in [1.165, 1.54) is 25.3 Å². The molecule has 0 radical (unpaired) electrons. The zero-order valence-electron chi connectivity index (χ0n) is 19.4. The highest BCUT2D eigenvalue weighted by Crippen LogP contribution is 2.52. The number of carbonyl (C=O) groups is 2. The van der Waals surface area contributed by atoms with Crippen LogP contribution in [0.3, 0.4) is 0 Å². The molecule has 2 saturated heterocycles. The van der Waals surface area contributed by atoms with Gasteiger partial charge in [-0.1, -0.05) is 28.1 Å². The van der Waals surface area contributed by atoms with E-state index in [1.54, 1.807) is 24.3 Å². The Bertz CT molecular complexity index is 1250. The molecule has 0 saturated carbocycles. The summed E-state index contributed by atoms with van der Waals surface area (Å²) in [6, 6.07) is 10.9. The van der Waals surface area contributed by atoms with Crippen LogP contribution in [0.15, 0.2) is 58.0 Å². The summed E-state index contributed by atoms with van der Waals surface area (Å²) in [5.41, 5.74) is 2.15. The number of benzene rings is 2. The van der Waals surface area contributed by atoms with Gasteiger partial charge in [0.25, 0.3) is 0 Å². The first-order chi connectivity index (χ1) is 17.2. The maximum atomic E-state index is 13.8. The Labute approximate surface area is 216 Å². The first kappa shape index (κ1) is 25.2. The zero-order chi connectivity index (χ0) is 25.7. The zero-order valence-corrected chi connectivity index (χ0v) is 21.0. The molecule has 4 atom stereocenters. The molecule has 2 heterocycles. The molecule has 2 fully saturated rings. The third-order valence-corrected chi connectivity index (χ3v) is 7.79. The lowest BCUT2D eigenvalue weighted by molar-refractivity contribution is -0.123. The van der Waals surface area contributed by atoms with Crippen molar-refractivity contribution in [3.63, 3.8) is 0 Å². The van der Waals surface area contributed by atoms with Gasteiger partial charge < -0.3 is 29.6 Å². The minimum absolute atomic E-state index is 0.00197.